The monoisotopic (exact) mass is 338 g/mol. The van der Waals surface area contributed by atoms with Gasteiger partial charge in [-0.25, -0.2) is 0 Å². The third-order valence-corrected chi connectivity index (χ3v) is 4.72. The van der Waals surface area contributed by atoms with Crippen molar-refractivity contribution in [2.45, 2.75) is 19.4 Å². The summed E-state index contributed by atoms with van der Waals surface area (Å²) in [6, 6.07) is 12.7. The van der Waals surface area contributed by atoms with E-state index in [9.17, 15) is 9.59 Å². The molecule has 2 aromatic carbocycles. The van der Waals surface area contributed by atoms with Crippen LogP contribution in [0.3, 0.4) is 0 Å². The summed E-state index contributed by atoms with van der Waals surface area (Å²) in [5.41, 5.74) is 2.62. The van der Waals surface area contributed by atoms with Crippen LogP contribution in [-0.2, 0) is 6.42 Å². The summed E-state index contributed by atoms with van der Waals surface area (Å²) < 4.78 is 2.03. The number of amides is 1. The van der Waals surface area contributed by atoms with Gasteiger partial charge in [0.1, 0.15) is 5.56 Å². The zero-order valence-corrected chi connectivity index (χ0v) is 13.8. The molecule has 24 heavy (non-hydrogen) atoms. The Hall–Kier alpha value is -2.59. The maximum atomic E-state index is 12.8. The lowest BCUT2D eigenvalue weighted by molar-refractivity contribution is 0.102. The predicted octanol–water partition coefficient (Wildman–Crippen LogP) is 4.02. The minimum absolute atomic E-state index is 0.156. The highest BCUT2D eigenvalue weighted by molar-refractivity contribution is 6.30. The molecule has 0 unspecified atom stereocenters. The van der Waals surface area contributed by atoms with E-state index in [1.54, 1.807) is 36.5 Å². The van der Waals surface area contributed by atoms with Crippen molar-refractivity contribution in [1.82, 2.24) is 4.57 Å². The van der Waals surface area contributed by atoms with Gasteiger partial charge in [-0.1, -0.05) is 23.7 Å². The molecule has 5 heteroatoms. The van der Waals surface area contributed by atoms with E-state index in [4.69, 9.17) is 11.6 Å². The van der Waals surface area contributed by atoms with E-state index < -0.39 is 5.91 Å². The molecule has 1 amide bonds. The highest BCUT2D eigenvalue weighted by atomic mass is 35.5. The second kappa shape index (κ2) is 5.49. The molecular formula is C19H15ClN2O2. The van der Waals surface area contributed by atoms with Crippen LogP contribution in [0.4, 0.5) is 5.69 Å². The van der Waals surface area contributed by atoms with Crippen molar-refractivity contribution in [3.63, 3.8) is 0 Å². The van der Waals surface area contributed by atoms with Crippen LogP contribution in [0.1, 0.15) is 28.9 Å². The van der Waals surface area contributed by atoms with Gasteiger partial charge < -0.3 is 9.88 Å². The van der Waals surface area contributed by atoms with Gasteiger partial charge in [-0.2, -0.15) is 0 Å². The number of rotatable bonds is 2. The fourth-order valence-corrected chi connectivity index (χ4v) is 3.44. The number of benzene rings is 2. The van der Waals surface area contributed by atoms with E-state index >= 15 is 0 Å². The average molecular weight is 339 g/mol. The number of halogens is 1. The molecule has 0 saturated carbocycles. The number of anilines is 1. The second-order valence-corrected chi connectivity index (χ2v) is 6.54. The Bertz CT molecular complexity index is 1020. The number of pyridine rings is 1. The number of para-hydroxylation sites is 1. The molecule has 1 atom stereocenters. The fraction of sp³-hybridized carbons (Fsp3) is 0.158. The molecule has 1 N–H and O–H groups in total. The number of carbonyl (C=O) groups is 1. The van der Waals surface area contributed by atoms with Crippen LogP contribution < -0.4 is 10.7 Å². The van der Waals surface area contributed by atoms with Gasteiger partial charge in [0.05, 0.1) is 5.52 Å². The summed E-state index contributed by atoms with van der Waals surface area (Å²) in [7, 11) is 0. The summed E-state index contributed by atoms with van der Waals surface area (Å²) in [4.78, 5) is 25.4. The Balaban J connectivity index is 1.81. The van der Waals surface area contributed by atoms with Crippen molar-refractivity contribution in [1.29, 1.82) is 0 Å². The van der Waals surface area contributed by atoms with E-state index in [0.717, 1.165) is 17.5 Å². The molecule has 0 spiro atoms. The van der Waals surface area contributed by atoms with Crippen molar-refractivity contribution < 1.29 is 4.79 Å². The van der Waals surface area contributed by atoms with Crippen molar-refractivity contribution in [3.05, 3.63) is 75.0 Å². The van der Waals surface area contributed by atoms with Gasteiger partial charge in [-0.3, -0.25) is 9.59 Å². The minimum Gasteiger partial charge on any atom is -0.343 e. The molecule has 0 fully saturated rings. The Kier molecular flexibility index (Phi) is 3.43. The van der Waals surface area contributed by atoms with E-state index in [1.165, 1.54) is 0 Å². The van der Waals surface area contributed by atoms with Crippen LogP contribution in [0.15, 0.2) is 53.5 Å². The van der Waals surface area contributed by atoms with Crippen molar-refractivity contribution in [3.8, 4) is 0 Å². The molecule has 0 radical (unpaired) electrons. The molecule has 2 heterocycles. The van der Waals surface area contributed by atoms with Crippen LogP contribution >= 0.6 is 11.6 Å². The van der Waals surface area contributed by atoms with E-state index in [-0.39, 0.29) is 17.0 Å². The van der Waals surface area contributed by atoms with Crippen LogP contribution in [-0.4, -0.2) is 10.5 Å². The van der Waals surface area contributed by atoms with Gasteiger partial charge in [0, 0.05) is 28.3 Å². The smallest absolute Gasteiger partial charge is 0.261 e. The van der Waals surface area contributed by atoms with Crippen LogP contribution in [0, 0.1) is 0 Å². The van der Waals surface area contributed by atoms with Crippen molar-refractivity contribution in [2.24, 2.45) is 0 Å². The zero-order chi connectivity index (χ0) is 16.8. The number of nitrogens with one attached hydrogen (secondary N) is 1. The first-order valence-electron chi connectivity index (χ1n) is 7.78. The first-order valence-corrected chi connectivity index (χ1v) is 8.16. The molecule has 4 nitrogen and oxygen atoms in total. The third kappa shape index (κ3) is 2.31. The third-order valence-electron chi connectivity index (χ3n) is 4.47. The summed E-state index contributed by atoms with van der Waals surface area (Å²) in [5.74, 6) is -0.405. The largest absolute Gasteiger partial charge is 0.343 e. The maximum absolute atomic E-state index is 12.8. The molecule has 4 rings (SSSR count). The summed E-state index contributed by atoms with van der Waals surface area (Å²) in [6.07, 6.45) is 2.55. The van der Waals surface area contributed by atoms with Gasteiger partial charge >= 0.3 is 0 Å². The first-order chi connectivity index (χ1) is 11.5. The maximum Gasteiger partial charge on any atom is 0.261 e. The summed E-state index contributed by atoms with van der Waals surface area (Å²) in [5, 5.41) is 3.95. The van der Waals surface area contributed by atoms with E-state index in [1.807, 2.05) is 16.7 Å². The molecule has 3 aromatic rings. The molecule has 1 aliphatic heterocycles. The lowest BCUT2D eigenvalue weighted by atomic mass is 10.1. The quantitative estimate of drug-likeness (QED) is 0.767. The lowest BCUT2D eigenvalue weighted by Crippen LogP contribution is -2.23. The Morgan fingerprint density at radius 3 is 2.71 bits per heavy atom. The zero-order valence-electron chi connectivity index (χ0n) is 13.0. The second-order valence-electron chi connectivity index (χ2n) is 6.11. The average Bonchev–Trinajstić information content (AvgIpc) is 2.89. The Labute approximate surface area is 143 Å². The number of hydrogen-bond donors (Lipinski definition) is 1. The lowest BCUT2D eigenvalue weighted by Gasteiger charge is -2.12. The molecule has 120 valence electrons. The molecule has 0 saturated heterocycles. The number of aromatic nitrogens is 1. The molecule has 1 aromatic heterocycles. The predicted molar refractivity (Wildman–Crippen MR) is 96.0 cm³/mol. The molecular weight excluding hydrogens is 324 g/mol. The van der Waals surface area contributed by atoms with Gasteiger partial charge in [0.25, 0.3) is 5.91 Å². The van der Waals surface area contributed by atoms with Gasteiger partial charge in [0.2, 0.25) is 5.43 Å². The molecule has 0 bridgehead atoms. The SMILES string of the molecule is C[C@@H]1Cc2cccc3c(=O)c(C(=O)Nc4ccc(Cl)cc4)cn1c23. The van der Waals surface area contributed by atoms with Crippen LogP contribution in [0.2, 0.25) is 5.02 Å². The Morgan fingerprint density at radius 1 is 1.21 bits per heavy atom. The van der Waals surface area contributed by atoms with Crippen LogP contribution in [0.25, 0.3) is 10.9 Å². The Morgan fingerprint density at radius 2 is 1.96 bits per heavy atom. The van der Waals surface area contributed by atoms with Gasteiger partial charge in [0.15, 0.2) is 0 Å². The summed E-state index contributed by atoms with van der Waals surface area (Å²) >= 11 is 5.85. The fourth-order valence-electron chi connectivity index (χ4n) is 3.31. The van der Waals surface area contributed by atoms with Gasteiger partial charge in [-0.05, 0) is 49.2 Å². The number of hydrogen-bond acceptors (Lipinski definition) is 2. The highest BCUT2D eigenvalue weighted by Crippen LogP contribution is 2.31. The summed E-state index contributed by atoms with van der Waals surface area (Å²) in [6.45, 7) is 2.09. The van der Waals surface area contributed by atoms with E-state index in [2.05, 4.69) is 12.2 Å². The van der Waals surface area contributed by atoms with Crippen molar-refractivity contribution >= 4 is 34.1 Å². The first kappa shape index (κ1) is 15.0. The van der Waals surface area contributed by atoms with Gasteiger partial charge in [-0.15, -0.1) is 0 Å². The topological polar surface area (TPSA) is 51.1 Å². The highest BCUT2D eigenvalue weighted by Gasteiger charge is 2.24. The number of carbonyl (C=O) groups excluding carboxylic acids is 1. The number of nitrogens with zero attached hydrogens (tertiary/aromatic N) is 1. The standard InChI is InChI=1S/C19H15ClN2O2/c1-11-9-12-3-2-4-15-17(12)22(11)10-16(18(15)23)19(24)21-14-7-5-13(20)6-8-14/h2-8,10-11H,9H2,1H3,(H,21,24)/t11-/m1/s1. The molecule has 0 aliphatic carbocycles. The van der Waals surface area contributed by atoms with Crippen LogP contribution in [0.5, 0.6) is 0 Å². The minimum atomic E-state index is -0.405. The van der Waals surface area contributed by atoms with Crippen molar-refractivity contribution in [2.75, 3.05) is 5.32 Å². The van der Waals surface area contributed by atoms with E-state index in [0.29, 0.717) is 16.1 Å². The molecule has 1 aliphatic rings. The normalized spacial score (nSPS) is 15.7.